The van der Waals surface area contributed by atoms with Crippen molar-refractivity contribution < 1.29 is 14.4 Å². The highest BCUT2D eigenvalue weighted by Gasteiger charge is 2.43. The predicted molar refractivity (Wildman–Crippen MR) is 113 cm³/mol. The summed E-state index contributed by atoms with van der Waals surface area (Å²) in [7, 11) is 0. The standard InChI is InChI=1S/C20H21N9O3/c1-20(18(31)22-19(32)23-20)13-2-4-14(5-3-13)21-17(30)12-8-10-28(11-9-12)16-7-6-15-24-26-27-29(15)25-16/h2-7,12H,8-11H2,1H3,(H,21,30)(H2,22,23,31,32). The van der Waals surface area contributed by atoms with Gasteiger partial charge >= 0.3 is 6.03 Å². The van der Waals surface area contributed by atoms with Crippen molar-refractivity contribution in [1.29, 1.82) is 0 Å². The number of hydrogen-bond donors (Lipinski definition) is 3. The number of imide groups is 1. The SMILES string of the molecule is CC1(c2ccc(NC(=O)C3CCN(c4ccc5nnnn5n4)CC3)cc2)NC(=O)NC1=O. The van der Waals surface area contributed by atoms with Crippen molar-refractivity contribution in [2.24, 2.45) is 5.92 Å². The largest absolute Gasteiger partial charge is 0.355 e. The normalized spacial score (nSPS) is 21.5. The monoisotopic (exact) mass is 435 g/mol. The van der Waals surface area contributed by atoms with Gasteiger partial charge in [0.05, 0.1) is 0 Å². The fourth-order valence-electron chi connectivity index (χ4n) is 4.06. The van der Waals surface area contributed by atoms with Crippen LogP contribution in [0.3, 0.4) is 0 Å². The van der Waals surface area contributed by atoms with Crippen LogP contribution in [0.1, 0.15) is 25.3 Å². The van der Waals surface area contributed by atoms with E-state index in [1.54, 1.807) is 31.2 Å². The molecule has 2 saturated heterocycles. The molecule has 0 radical (unpaired) electrons. The van der Waals surface area contributed by atoms with Crippen LogP contribution in [-0.2, 0) is 15.1 Å². The molecule has 0 bridgehead atoms. The van der Waals surface area contributed by atoms with E-state index < -0.39 is 17.5 Å². The van der Waals surface area contributed by atoms with E-state index in [9.17, 15) is 14.4 Å². The number of benzene rings is 1. The molecule has 32 heavy (non-hydrogen) atoms. The number of fused-ring (bicyclic) bond motifs is 1. The second kappa shape index (κ2) is 7.55. The summed E-state index contributed by atoms with van der Waals surface area (Å²) in [4.78, 5) is 38.4. The van der Waals surface area contributed by atoms with E-state index in [4.69, 9.17) is 0 Å². The number of rotatable bonds is 4. The molecule has 2 aliphatic heterocycles. The molecular weight excluding hydrogens is 414 g/mol. The van der Waals surface area contributed by atoms with E-state index in [-0.39, 0.29) is 11.8 Å². The zero-order valence-electron chi connectivity index (χ0n) is 17.3. The first-order valence-corrected chi connectivity index (χ1v) is 10.3. The predicted octanol–water partition coefficient (Wildman–Crippen LogP) is 0.429. The highest BCUT2D eigenvalue weighted by molar-refractivity contribution is 6.07. The minimum atomic E-state index is -1.12. The third-order valence-corrected chi connectivity index (χ3v) is 6.02. The third kappa shape index (κ3) is 3.49. The maximum atomic E-state index is 12.8. The number of piperidine rings is 1. The lowest BCUT2D eigenvalue weighted by Gasteiger charge is -2.31. The Hall–Kier alpha value is -4.09. The second-order valence-corrected chi connectivity index (χ2v) is 8.08. The molecule has 2 aromatic heterocycles. The molecule has 2 aliphatic rings. The lowest BCUT2D eigenvalue weighted by molar-refractivity contribution is -0.123. The molecule has 1 unspecified atom stereocenters. The topological polar surface area (TPSA) is 147 Å². The number of carbonyl (C=O) groups is 3. The second-order valence-electron chi connectivity index (χ2n) is 8.08. The molecule has 4 heterocycles. The van der Waals surface area contributed by atoms with E-state index in [2.05, 4.69) is 41.5 Å². The molecule has 3 aromatic rings. The van der Waals surface area contributed by atoms with Crippen LogP contribution in [0.4, 0.5) is 16.3 Å². The van der Waals surface area contributed by atoms with Gasteiger partial charge in [-0.15, -0.1) is 14.8 Å². The van der Waals surface area contributed by atoms with Gasteiger partial charge in [-0.2, -0.15) is 0 Å². The Kier molecular flexibility index (Phi) is 4.68. The summed E-state index contributed by atoms with van der Waals surface area (Å²) in [5, 5.41) is 23.5. The van der Waals surface area contributed by atoms with E-state index in [0.717, 1.165) is 5.82 Å². The fourth-order valence-corrected chi connectivity index (χ4v) is 4.06. The van der Waals surface area contributed by atoms with Gasteiger partial charge in [-0.3, -0.25) is 14.9 Å². The zero-order valence-corrected chi connectivity index (χ0v) is 17.3. The van der Waals surface area contributed by atoms with Crippen LogP contribution in [0.15, 0.2) is 36.4 Å². The van der Waals surface area contributed by atoms with Crippen molar-refractivity contribution in [2.75, 3.05) is 23.3 Å². The Morgan fingerprint density at radius 2 is 1.88 bits per heavy atom. The Balaban J connectivity index is 1.19. The maximum absolute atomic E-state index is 12.8. The van der Waals surface area contributed by atoms with E-state index >= 15 is 0 Å². The molecule has 164 valence electrons. The fraction of sp³-hybridized carbons (Fsp3) is 0.350. The van der Waals surface area contributed by atoms with Crippen LogP contribution in [0.5, 0.6) is 0 Å². The molecule has 12 nitrogen and oxygen atoms in total. The summed E-state index contributed by atoms with van der Waals surface area (Å²) >= 11 is 0. The first kappa shape index (κ1) is 19.8. The zero-order chi connectivity index (χ0) is 22.3. The summed E-state index contributed by atoms with van der Waals surface area (Å²) < 4.78 is 1.39. The summed E-state index contributed by atoms with van der Waals surface area (Å²) in [6.07, 6.45) is 1.40. The van der Waals surface area contributed by atoms with Crippen molar-refractivity contribution in [2.45, 2.75) is 25.3 Å². The van der Waals surface area contributed by atoms with Gasteiger partial charge in [0.15, 0.2) is 11.5 Å². The molecule has 0 spiro atoms. The number of nitrogens with one attached hydrogen (secondary N) is 3. The van der Waals surface area contributed by atoms with Crippen LogP contribution < -0.4 is 20.9 Å². The lowest BCUT2D eigenvalue weighted by atomic mass is 9.92. The van der Waals surface area contributed by atoms with Crippen molar-refractivity contribution >= 4 is 35.0 Å². The lowest BCUT2D eigenvalue weighted by Crippen LogP contribution is -2.40. The highest BCUT2D eigenvalue weighted by Crippen LogP contribution is 2.27. The summed E-state index contributed by atoms with van der Waals surface area (Å²) in [6.45, 7) is 3.04. The number of nitrogens with zero attached hydrogens (tertiary/aromatic N) is 6. The van der Waals surface area contributed by atoms with Crippen molar-refractivity contribution in [1.82, 2.24) is 35.9 Å². The first-order chi connectivity index (χ1) is 15.4. The van der Waals surface area contributed by atoms with Gasteiger partial charge in [0.1, 0.15) is 5.54 Å². The molecule has 5 rings (SSSR count). The van der Waals surface area contributed by atoms with Crippen LogP contribution in [0.25, 0.3) is 5.65 Å². The number of tetrazole rings is 1. The average molecular weight is 435 g/mol. The minimum absolute atomic E-state index is 0.0422. The molecule has 3 N–H and O–H groups in total. The summed E-state index contributed by atoms with van der Waals surface area (Å²) in [5.41, 5.74) is 0.740. The van der Waals surface area contributed by atoms with Crippen LogP contribution in [-0.4, -0.2) is 56.2 Å². The van der Waals surface area contributed by atoms with Gasteiger partial charge < -0.3 is 15.5 Å². The van der Waals surface area contributed by atoms with Crippen molar-refractivity contribution in [3.8, 4) is 0 Å². The van der Waals surface area contributed by atoms with Gasteiger partial charge in [-0.25, -0.2) is 4.79 Å². The molecule has 4 amide bonds. The maximum Gasteiger partial charge on any atom is 0.322 e. The van der Waals surface area contributed by atoms with E-state index in [1.807, 2.05) is 12.1 Å². The van der Waals surface area contributed by atoms with Gasteiger partial charge in [0, 0.05) is 24.7 Å². The first-order valence-electron chi connectivity index (χ1n) is 10.3. The number of urea groups is 1. The van der Waals surface area contributed by atoms with Gasteiger partial charge in [-0.1, -0.05) is 12.1 Å². The summed E-state index contributed by atoms with van der Waals surface area (Å²) in [5.74, 6) is 0.218. The van der Waals surface area contributed by atoms with E-state index in [0.29, 0.717) is 42.8 Å². The smallest absolute Gasteiger partial charge is 0.322 e. The van der Waals surface area contributed by atoms with Gasteiger partial charge in [0.25, 0.3) is 5.91 Å². The van der Waals surface area contributed by atoms with Crippen LogP contribution >= 0.6 is 0 Å². The number of aromatic nitrogens is 5. The number of anilines is 2. The molecule has 0 aliphatic carbocycles. The van der Waals surface area contributed by atoms with Crippen LogP contribution in [0.2, 0.25) is 0 Å². The molecule has 12 heteroatoms. The molecule has 2 fully saturated rings. The molecule has 1 aromatic carbocycles. The Morgan fingerprint density at radius 1 is 1.12 bits per heavy atom. The molecule has 1 atom stereocenters. The van der Waals surface area contributed by atoms with E-state index in [1.165, 1.54) is 4.63 Å². The average Bonchev–Trinajstić information content (AvgIpc) is 3.37. The number of carbonyl (C=O) groups excluding carboxylic acids is 3. The Labute approximate surface area is 182 Å². The number of hydrogen-bond acceptors (Lipinski definition) is 8. The molecule has 0 saturated carbocycles. The van der Waals surface area contributed by atoms with Gasteiger partial charge in [0.2, 0.25) is 5.91 Å². The Morgan fingerprint density at radius 3 is 2.56 bits per heavy atom. The highest BCUT2D eigenvalue weighted by atomic mass is 16.2. The quantitative estimate of drug-likeness (QED) is 0.500. The van der Waals surface area contributed by atoms with Crippen LogP contribution in [0, 0.1) is 5.92 Å². The molecular formula is C20H21N9O3. The number of amides is 4. The Bertz CT molecular complexity index is 1200. The van der Waals surface area contributed by atoms with Gasteiger partial charge in [-0.05, 0) is 60.0 Å². The van der Waals surface area contributed by atoms with Crippen molar-refractivity contribution in [3.63, 3.8) is 0 Å². The minimum Gasteiger partial charge on any atom is -0.355 e. The third-order valence-electron chi connectivity index (χ3n) is 6.02. The van der Waals surface area contributed by atoms with Crippen molar-refractivity contribution in [3.05, 3.63) is 42.0 Å². The summed E-state index contributed by atoms with van der Waals surface area (Å²) in [6, 6.07) is 10.1.